The number of benzene rings is 2. The molecule has 0 aromatic heterocycles. The minimum atomic E-state index is -0.432. The van der Waals surface area contributed by atoms with E-state index >= 15 is 0 Å². The highest BCUT2D eigenvalue weighted by Gasteiger charge is 2.03. The first kappa shape index (κ1) is 16.6. The first-order chi connectivity index (χ1) is 11.1. The molecular weight excluding hydrogens is 320 g/mol. The molecule has 0 saturated carbocycles. The van der Waals surface area contributed by atoms with E-state index in [1.165, 1.54) is 19.4 Å². The van der Waals surface area contributed by atoms with E-state index < -0.39 is 5.91 Å². The topological polar surface area (TPSA) is 80.2 Å². The number of carbonyl (C=O) groups is 1. The molecule has 0 bridgehead atoms. The Morgan fingerprint density at radius 2 is 1.96 bits per heavy atom. The predicted octanol–water partition coefficient (Wildman–Crippen LogP) is 2.58. The van der Waals surface area contributed by atoms with E-state index in [0.717, 1.165) is 0 Å². The Morgan fingerprint density at radius 3 is 2.65 bits per heavy atom. The normalized spacial score (nSPS) is 10.5. The van der Waals surface area contributed by atoms with Crippen LogP contribution >= 0.6 is 11.6 Å². The fourth-order valence-electron chi connectivity index (χ4n) is 1.65. The number of nitrogens with one attached hydrogen (secondary N) is 1. The van der Waals surface area contributed by atoms with E-state index in [1.54, 1.807) is 36.4 Å². The van der Waals surface area contributed by atoms with E-state index in [2.05, 4.69) is 10.5 Å². The van der Waals surface area contributed by atoms with Gasteiger partial charge >= 0.3 is 0 Å². The number of amides is 1. The molecule has 0 saturated heterocycles. The third kappa shape index (κ3) is 5.19. The van der Waals surface area contributed by atoms with Crippen molar-refractivity contribution in [1.29, 1.82) is 0 Å². The second kappa shape index (κ2) is 8.05. The quantitative estimate of drug-likeness (QED) is 0.628. The Balaban J connectivity index is 1.85. The zero-order valence-electron chi connectivity index (χ0n) is 12.3. The number of hydrogen-bond donors (Lipinski definition) is 2. The van der Waals surface area contributed by atoms with Gasteiger partial charge in [-0.25, -0.2) is 5.43 Å². The smallest absolute Gasteiger partial charge is 0.277 e. The lowest BCUT2D eigenvalue weighted by Crippen LogP contribution is -2.24. The highest BCUT2D eigenvalue weighted by Crippen LogP contribution is 2.21. The number of halogens is 1. The number of rotatable bonds is 6. The van der Waals surface area contributed by atoms with Crippen molar-refractivity contribution >= 4 is 23.7 Å². The maximum Gasteiger partial charge on any atom is 0.277 e. The van der Waals surface area contributed by atoms with Gasteiger partial charge in [-0.1, -0.05) is 11.6 Å². The molecule has 0 spiro atoms. The lowest BCUT2D eigenvalue weighted by molar-refractivity contribution is -0.123. The Labute approximate surface area is 138 Å². The number of nitrogens with zero attached hydrogens (tertiary/aromatic N) is 1. The maximum atomic E-state index is 11.6. The van der Waals surface area contributed by atoms with Gasteiger partial charge < -0.3 is 14.6 Å². The van der Waals surface area contributed by atoms with Crippen molar-refractivity contribution in [1.82, 2.24) is 5.43 Å². The highest BCUT2D eigenvalue weighted by molar-refractivity contribution is 6.30. The lowest BCUT2D eigenvalue weighted by atomic mass is 10.2. The van der Waals surface area contributed by atoms with Crippen LogP contribution in [0.25, 0.3) is 0 Å². The summed E-state index contributed by atoms with van der Waals surface area (Å²) in [4.78, 5) is 11.6. The number of carbonyl (C=O) groups excluding carboxylic acids is 1. The molecule has 2 aromatic carbocycles. The number of aromatic hydroxyl groups is 1. The third-order valence-corrected chi connectivity index (χ3v) is 3.06. The van der Waals surface area contributed by atoms with Crippen molar-refractivity contribution in [2.24, 2.45) is 5.10 Å². The molecule has 0 unspecified atom stereocenters. The summed E-state index contributed by atoms with van der Waals surface area (Å²) in [5.74, 6) is 0.695. The van der Waals surface area contributed by atoms with E-state index in [9.17, 15) is 9.90 Å². The van der Waals surface area contributed by atoms with Crippen LogP contribution in [0.5, 0.6) is 17.2 Å². The summed E-state index contributed by atoms with van der Waals surface area (Å²) in [7, 11) is 1.52. The fraction of sp³-hybridized carbons (Fsp3) is 0.125. The van der Waals surface area contributed by atoms with Crippen LogP contribution in [0.3, 0.4) is 0 Å². The van der Waals surface area contributed by atoms with Crippen LogP contribution in [0, 0.1) is 0 Å². The summed E-state index contributed by atoms with van der Waals surface area (Å²) in [6, 6.07) is 11.3. The van der Waals surface area contributed by atoms with Crippen LogP contribution in [-0.4, -0.2) is 30.9 Å². The van der Waals surface area contributed by atoms with Gasteiger partial charge in [0.05, 0.1) is 13.3 Å². The summed E-state index contributed by atoms with van der Waals surface area (Å²) < 4.78 is 10.3. The van der Waals surface area contributed by atoms with Crippen LogP contribution < -0.4 is 14.9 Å². The summed E-state index contributed by atoms with van der Waals surface area (Å²) in [5, 5.41) is 14.0. The average molecular weight is 335 g/mol. The van der Waals surface area contributed by atoms with Gasteiger partial charge in [0.1, 0.15) is 17.2 Å². The Bertz CT molecular complexity index is 702. The van der Waals surface area contributed by atoms with Crippen molar-refractivity contribution in [3.63, 3.8) is 0 Å². The zero-order valence-corrected chi connectivity index (χ0v) is 13.1. The van der Waals surface area contributed by atoms with Gasteiger partial charge in [-0.15, -0.1) is 0 Å². The predicted molar refractivity (Wildman–Crippen MR) is 87.3 cm³/mol. The fourth-order valence-corrected chi connectivity index (χ4v) is 1.77. The molecule has 0 aliphatic carbocycles. The van der Waals surface area contributed by atoms with Crippen LogP contribution in [-0.2, 0) is 4.79 Å². The first-order valence-electron chi connectivity index (χ1n) is 6.66. The van der Waals surface area contributed by atoms with Gasteiger partial charge in [0, 0.05) is 10.6 Å². The molecular formula is C16H15ClN2O4. The van der Waals surface area contributed by atoms with Crippen LogP contribution in [0.4, 0.5) is 0 Å². The van der Waals surface area contributed by atoms with Crippen molar-refractivity contribution in [2.75, 3.05) is 13.7 Å². The van der Waals surface area contributed by atoms with E-state index in [-0.39, 0.29) is 12.4 Å². The minimum Gasteiger partial charge on any atom is -0.507 e. The molecule has 7 heteroatoms. The lowest BCUT2D eigenvalue weighted by Gasteiger charge is -2.05. The number of hydrazone groups is 1. The molecule has 2 N–H and O–H groups in total. The third-order valence-electron chi connectivity index (χ3n) is 2.81. The average Bonchev–Trinajstić information content (AvgIpc) is 2.56. The largest absolute Gasteiger partial charge is 0.507 e. The highest BCUT2D eigenvalue weighted by atomic mass is 35.5. The number of phenols is 1. The second-order valence-corrected chi connectivity index (χ2v) is 4.90. The molecule has 0 aliphatic heterocycles. The maximum absolute atomic E-state index is 11.6. The van der Waals surface area contributed by atoms with Gasteiger partial charge in [-0.3, -0.25) is 4.79 Å². The van der Waals surface area contributed by atoms with Gasteiger partial charge in [0.15, 0.2) is 6.61 Å². The SMILES string of the molecule is COc1ccc(O)c(C=NNC(=O)COc2ccc(Cl)cc2)c1. The monoisotopic (exact) mass is 334 g/mol. The molecule has 0 aliphatic rings. The number of phenolic OH excluding ortho intramolecular Hbond substituents is 1. The van der Waals surface area contributed by atoms with Crippen LogP contribution in [0.1, 0.15) is 5.56 Å². The molecule has 2 aromatic rings. The molecule has 6 nitrogen and oxygen atoms in total. The van der Waals surface area contributed by atoms with Crippen molar-refractivity contribution in [3.05, 3.63) is 53.1 Å². The standard InChI is InChI=1S/C16H15ClN2O4/c1-22-14-6-7-15(20)11(8-14)9-18-19-16(21)10-23-13-4-2-12(17)3-5-13/h2-9,20H,10H2,1H3,(H,19,21). The van der Waals surface area contributed by atoms with Gasteiger partial charge in [-0.05, 0) is 42.5 Å². The second-order valence-electron chi connectivity index (χ2n) is 4.46. The van der Waals surface area contributed by atoms with Crippen LogP contribution in [0.15, 0.2) is 47.6 Å². The first-order valence-corrected chi connectivity index (χ1v) is 7.03. The van der Waals surface area contributed by atoms with Crippen molar-refractivity contribution < 1.29 is 19.4 Å². The van der Waals surface area contributed by atoms with E-state index in [0.29, 0.717) is 22.1 Å². The molecule has 0 radical (unpaired) electrons. The van der Waals surface area contributed by atoms with E-state index in [1.807, 2.05) is 0 Å². The zero-order chi connectivity index (χ0) is 16.7. The molecule has 120 valence electrons. The van der Waals surface area contributed by atoms with Crippen molar-refractivity contribution in [2.45, 2.75) is 0 Å². The van der Waals surface area contributed by atoms with Gasteiger partial charge in [0.25, 0.3) is 5.91 Å². The Kier molecular flexibility index (Phi) is 5.82. The van der Waals surface area contributed by atoms with Crippen LogP contribution in [0.2, 0.25) is 5.02 Å². The Hall–Kier alpha value is -2.73. The summed E-state index contributed by atoms with van der Waals surface area (Å²) in [6.45, 7) is -0.191. The molecule has 1 amide bonds. The number of methoxy groups -OCH3 is 1. The molecule has 0 atom stereocenters. The summed E-state index contributed by atoms with van der Waals surface area (Å²) >= 11 is 5.75. The Morgan fingerprint density at radius 1 is 1.26 bits per heavy atom. The molecule has 0 heterocycles. The number of hydrogen-bond acceptors (Lipinski definition) is 5. The molecule has 2 rings (SSSR count). The van der Waals surface area contributed by atoms with Crippen molar-refractivity contribution in [3.8, 4) is 17.2 Å². The van der Waals surface area contributed by atoms with E-state index in [4.69, 9.17) is 21.1 Å². The number of ether oxygens (including phenoxy) is 2. The minimum absolute atomic E-state index is 0.0289. The molecule has 0 fully saturated rings. The summed E-state index contributed by atoms with van der Waals surface area (Å²) in [5.41, 5.74) is 2.72. The summed E-state index contributed by atoms with van der Waals surface area (Å²) in [6.07, 6.45) is 1.32. The van der Waals surface area contributed by atoms with Gasteiger partial charge in [0.2, 0.25) is 0 Å². The van der Waals surface area contributed by atoms with Gasteiger partial charge in [-0.2, -0.15) is 5.10 Å². The molecule has 23 heavy (non-hydrogen) atoms.